The van der Waals surface area contributed by atoms with Crippen molar-refractivity contribution in [3.63, 3.8) is 0 Å². The van der Waals surface area contributed by atoms with Crippen LogP contribution in [0.25, 0.3) is 0 Å². The fourth-order valence-electron chi connectivity index (χ4n) is 1.31. The molecule has 0 saturated heterocycles. The molecule has 6 heteroatoms. The summed E-state index contributed by atoms with van der Waals surface area (Å²) in [5, 5.41) is 6.25. The van der Waals surface area contributed by atoms with Crippen molar-refractivity contribution in [3.8, 4) is 0 Å². The van der Waals surface area contributed by atoms with E-state index in [2.05, 4.69) is 25.6 Å². The van der Waals surface area contributed by atoms with Gasteiger partial charge in [-0.25, -0.2) is 9.97 Å². The average Bonchev–Trinajstić information content (AvgIpc) is 2.38. The third-order valence-electron chi connectivity index (χ3n) is 2.07. The Balaban J connectivity index is 2.06. The van der Waals surface area contributed by atoms with Gasteiger partial charge >= 0.3 is 0 Å². The van der Waals surface area contributed by atoms with E-state index in [9.17, 15) is 0 Å². The first-order chi connectivity index (χ1) is 8.38. The van der Waals surface area contributed by atoms with Crippen molar-refractivity contribution in [2.24, 2.45) is 5.73 Å². The second-order valence-electron chi connectivity index (χ2n) is 3.36. The minimum Gasteiger partial charge on any atom is -0.369 e. The van der Waals surface area contributed by atoms with Crippen molar-refractivity contribution in [3.05, 3.63) is 36.9 Å². The van der Waals surface area contributed by atoms with E-state index < -0.39 is 0 Å². The van der Waals surface area contributed by atoms with Gasteiger partial charge in [0, 0.05) is 37.2 Å². The highest BCUT2D eigenvalue weighted by Gasteiger charge is 1.98. The molecule has 4 N–H and O–H groups in total. The highest BCUT2D eigenvalue weighted by Crippen LogP contribution is 2.14. The van der Waals surface area contributed by atoms with E-state index in [-0.39, 0.29) is 0 Å². The molecule has 6 nitrogen and oxygen atoms in total. The lowest BCUT2D eigenvalue weighted by Crippen LogP contribution is -2.14. The van der Waals surface area contributed by atoms with Crippen LogP contribution >= 0.6 is 0 Å². The molecule has 0 aliphatic carbocycles. The zero-order valence-corrected chi connectivity index (χ0v) is 9.30. The lowest BCUT2D eigenvalue weighted by molar-refractivity contribution is 1.00. The van der Waals surface area contributed by atoms with Crippen molar-refractivity contribution in [1.82, 2.24) is 15.0 Å². The lowest BCUT2D eigenvalue weighted by atomic mass is 10.4. The van der Waals surface area contributed by atoms with Gasteiger partial charge in [-0.3, -0.25) is 4.98 Å². The zero-order chi connectivity index (χ0) is 11.9. The van der Waals surface area contributed by atoms with Crippen molar-refractivity contribution in [2.45, 2.75) is 0 Å². The van der Waals surface area contributed by atoms with E-state index in [0.29, 0.717) is 13.1 Å². The molecule has 0 spiro atoms. The predicted molar refractivity (Wildman–Crippen MR) is 67.1 cm³/mol. The van der Waals surface area contributed by atoms with Gasteiger partial charge in [-0.1, -0.05) is 0 Å². The maximum Gasteiger partial charge on any atom is 0.135 e. The normalized spacial score (nSPS) is 9.94. The van der Waals surface area contributed by atoms with Gasteiger partial charge in [0.25, 0.3) is 0 Å². The van der Waals surface area contributed by atoms with E-state index in [1.54, 1.807) is 12.4 Å². The quantitative estimate of drug-likeness (QED) is 0.709. The maximum absolute atomic E-state index is 5.41. The minimum absolute atomic E-state index is 0.567. The van der Waals surface area contributed by atoms with Gasteiger partial charge in [0.1, 0.15) is 18.0 Å². The number of aromatic nitrogens is 3. The Bertz CT molecular complexity index is 459. The highest BCUT2D eigenvalue weighted by molar-refractivity contribution is 5.57. The van der Waals surface area contributed by atoms with Gasteiger partial charge in [-0.05, 0) is 12.1 Å². The fourth-order valence-corrected chi connectivity index (χ4v) is 1.31. The summed E-state index contributed by atoms with van der Waals surface area (Å²) in [6.45, 7) is 1.25. The summed E-state index contributed by atoms with van der Waals surface area (Å²) in [6, 6.07) is 5.57. The number of hydrogen-bond acceptors (Lipinski definition) is 6. The molecule has 0 saturated carbocycles. The first kappa shape index (κ1) is 11.3. The summed E-state index contributed by atoms with van der Waals surface area (Å²) in [7, 11) is 0. The number of nitrogens with one attached hydrogen (secondary N) is 2. The molecule has 0 aromatic carbocycles. The molecule has 0 bridgehead atoms. The molecular weight excluding hydrogens is 216 g/mol. The number of pyridine rings is 1. The van der Waals surface area contributed by atoms with Gasteiger partial charge < -0.3 is 16.4 Å². The van der Waals surface area contributed by atoms with E-state index in [1.807, 2.05) is 18.2 Å². The Morgan fingerprint density at radius 2 is 1.88 bits per heavy atom. The van der Waals surface area contributed by atoms with Gasteiger partial charge in [-0.2, -0.15) is 0 Å². The molecule has 2 rings (SSSR count). The lowest BCUT2D eigenvalue weighted by Gasteiger charge is -2.07. The molecule has 0 atom stereocenters. The van der Waals surface area contributed by atoms with E-state index in [4.69, 9.17) is 5.73 Å². The molecular formula is C11H14N6. The summed E-state index contributed by atoms with van der Waals surface area (Å²) in [5.74, 6) is 1.48. The number of nitrogens with zero attached hydrogens (tertiary/aromatic N) is 3. The predicted octanol–water partition coefficient (Wildman–Crippen LogP) is 0.986. The highest BCUT2D eigenvalue weighted by atomic mass is 15.1. The van der Waals surface area contributed by atoms with Crippen LogP contribution in [0, 0.1) is 0 Å². The van der Waals surface area contributed by atoms with Crippen LogP contribution in [0.3, 0.4) is 0 Å². The molecule has 2 heterocycles. The molecule has 0 aliphatic heterocycles. The topological polar surface area (TPSA) is 88.8 Å². The number of nitrogens with two attached hydrogens (primary N) is 1. The summed E-state index contributed by atoms with van der Waals surface area (Å²) >= 11 is 0. The monoisotopic (exact) mass is 230 g/mol. The van der Waals surface area contributed by atoms with Crippen molar-refractivity contribution in [2.75, 3.05) is 23.7 Å². The molecule has 88 valence electrons. The SMILES string of the molecule is NCCNc1cc(Nc2ccncc2)ncn1. The summed E-state index contributed by atoms with van der Waals surface area (Å²) in [5.41, 5.74) is 6.34. The summed E-state index contributed by atoms with van der Waals surface area (Å²) < 4.78 is 0. The van der Waals surface area contributed by atoms with Crippen LogP contribution in [0.15, 0.2) is 36.9 Å². The standard InChI is InChI=1S/C11H14N6/c12-3-6-14-10-7-11(16-8-15-10)17-9-1-4-13-5-2-9/h1-2,4-5,7-8H,3,6,12H2,(H2,13,14,15,16,17). The third kappa shape index (κ3) is 3.39. The van der Waals surface area contributed by atoms with Gasteiger partial charge in [-0.15, -0.1) is 0 Å². The van der Waals surface area contributed by atoms with E-state index in [0.717, 1.165) is 17.3 Å². The summed E-state index contributed by atoms with van der Waals surface area (Å²) in [4.78, 5) is 12.2. The molecule has 0 amide bonds. The smallest absolute Gasteiger partial charge is 0.135 e. The Morgan fingerprint density at radius 1 is 1.12 bits per heavy atom. The van der Waals surface area contributed by atoms with Crippen LogP contribution in [-0.4, -0.2) is 28.0 Å². The molecule has 2 aromatic heterocycles. The maximum atomic E-state index is 5.41. The second kappa shape index (κ2) is 5.76. The second-order valence-corrected chi connectivity index (χ2v) is 3.36. The first-order valence-corrected chi connectivity index (χ1v) is 5.31. The molecule has 0 unspecified atom stereocenters. The van der Waals surface area contributed by atoms with Gasteiger partial charge in [0.15, 0.2) is 0 Å². The molecule has 17 heavy (non-hydrogen) atoms. The van der Waals surface area contributed by atoms with Crippen molar-refractivity contribution >= 4 is 17.3 Å². The van der Waals surface area contributed by atoms with E-state index in [1.165, 1.54) is 6.33 Å². The van der Waals surface area contributed by atoms with Crippen LogP contribution in [-0.2, 0) is 0 Å². The van der Waals surface area contributed by atoms with Crippen LogP contribution in [0.4, 0.5) is 17.3 Å². The van der Waals surface area contributed by atoms with Crippen LogP contribution in [0.5, 0.6) is 0 Å². The van der Waals surface area contributed by atoms with Crippen molar-refractivity contribution < 1.29 is 0 Å². The van der Waals surface area contributed by atoms with Gasteiger partial charge in [0.05, 0.1) is 0 Å². The Morgan fingerprint density at radius 3 is 2.65 bits per heavy atom. The Labute approximate surface area is 99.3 Å². The Hall–Kier alpha value is -2.21. The van der Waals surface area contributed by atoms with Crippen LogP contribution in [0.1, 0.15) is 0 Å². The third-order valence-corrected chi connectivity index (χ3v) is 2.07. The molecule has 0 fully saturated rings. The molecule has 2 aromatic rings. The summed E-state index contributed by atoms with van der Waals surface area (Å²) in [6.07, 6.45) is 4.94. The van der Waals surface area contributed by atoms with Crippen LogP contribution < -0.4 is 16.4 Å². The average molecular weight is 230 g/mol. The van der Waals surface area contributed by atoms with Gasteiger partial charge in [0.2, 0.25) is 0 Å². The molecule has 0 radical (unpaired) electrons. The number of anilines is 3. The number of hydrogen-bond donors (Lipinski definition) is 3. The van der Waals surface area contributed by atoms with E-state index >= 15 is 0 Å². The molecule has 0 aliphatic rings. The first-order valence-electron chi connectivity index (χ1n) is 5.31. The minimum atomic E-state index is 0.567. The zero-order valence-electron chi connectivity index (χ0n) is 9.30. The largest absolute Gasteiger partial charge is 0.369 e. The van der Waals surface area contributed by atoms with Crippen molar-refractivity contribution in [1.29, 1.82) is 0 Å². The fraction of sp³-hybridized carbons (Fsp3) is 0.182. The van der Waals surface area contributed by atoms with Crippen LogP contribution in [0.2, 0.25) is 0 Å². The Kier molecular flexibility index (Phi) is 3.82. The number of rotatable bonds is 5.